The van der Waals surface area contributed by atoms with Gasteiger partial charge < -0.3 is 4.90 Å². The van der Waals surface area contributed by atoms with Crippen molar-refractivity contribution in [2.75, 3.05) is 26.7 Å². The molecule has 0 aliphatic carbocycles. The van der Waals surface area contributed by atoms with Gasteiger partial charge in [-0.2, -0.15) is 0 Å². The summed E-state index contributed by atoms with van der Waals surface area (Å²) in [7, 11) is 1.92. The third-order valence-corrected chi connectivity index (χ3v) is 4.59. The van der Waals surface area contributed by atoms with Crippen LogP contribution in [0.2, 0.25) is 0 Å². The molecule has 1 unspecified atom stereocenters. The number of rotatable bonds is 5. The molecule has 1 aliphatic rings. The van der Waals surface area contributed by atoms with E-state index >= 15 is 0 Å². The SMILES string of the molecule is CC(Cc1ccccn1)N(C)C(=O)CN1CCCCCCC1. The lowest BCUT2D eigenvalue weighted by atomic mass is 10.1. The summed E-state index contributed by atoms with van der Waals surface area (Å²) in [4.78, 5) is 21.1. The average molecular weight is 303 g/mol. The summed E-state index contributed by atoms with van der Waals surface area (Å²) >= 11 is 0. The highest BCUT2D eigenvalue weighted by Crippen LogP contribution is 2.11. The van der Waals surface area contributed by atoms with Crippen LogP contribution in [0.25, 0.3) is 0 Å². The molecule has 1 amide bonds. The van der Waals surface area contributed by atoms with Gasteiger partial charge in [-0.05, 0) is 45.0 Å². The van der Waals surface area contributed by atoms with Crippen LogP contribution in [-0.2, 0) is 11.2 Å². The third kappa shape index (κ3) is 5.41. The van der Waals surface area contributed by atoms with E-state index in [1.165, 1.54) is 32.1 Å². The molecule has 1 fully saturated rings. The van der Waals surface area contributed by atoms with Gasteiger partial charge in [-0.15, -0.1) is 0 Å². The number of carbonyl (C=O) groups is 1. The van der Waals surface area contributed by atoms with Crippen molar-refractivity contribution < 1.29 is 4.79 Å². The summed E-state index contributed by atoms with van der Waals surface area (Å²) in [6.07, 6.45) is 9.02. The highest BCUT2D eigenvalue weighted by molar-refractivity contribution is 5.78. The van der Waals surface area contributed by atoms with Crippen LogP contribution in [0.1, 0.15) is 44.7 Å². The Morgan fingerprint density at radius 3 is 2.55 bits per heavy atom. The normalized spacial score (nSPS) is 18.3. The van der Waals surface area contributed by atoms with Crippen molar-refractivity contribution in [1.82, 2.24) is 14.8 Å². The smallest absolute Gasteiger partial charge is 0.236 e. The van der Waals surface area contributed by atoms with E-state index in [4.69, 9.17) is 0 Å². The Morgan fingerprint density at radius 1 is 1.23 bits per heavy atom. The molecule has 0 bridgehead atoms. The Kier molecular flexibility index (Phi) is 6.84. The average Bonchev–Trinajstić information content (AvgIpc) is 2.50. The quantitative estimate of drug-likeness (QED) is 0.839. The Balaban J connectivity index is 1.82. The second-order valence-electron chi connectivity index (χ2n) is 6.42. The fraction of sp³-hybridized carbons (Fsp3) is 0.667. The second-order valence-corrected chi connectivity index (χ2v) is 6.42. The maximum Gasteiger partial charge on any atom is 0.236 e. The number of hydrogen-bond donors (Lipinski definition) is 0. The van der Waals surface area contributed by atoms with Crippen LogP contribution in [0.15, 0.2) is 24.4 Å². The van der Waals surface area contributed by atoms with Crippen molar-refractivity contribution in [2.24, 2.45) is 0 Å². The predicted molar refractivity (Wildman–Crippen MR) is 89.7 cm³/mol. The molecule has 0 aromatic carbocycles. The fourth-order valence-corrected chi connectivity index (χ4v) is 2.98. The van der Waals surface area contributed by atoms with E-state index in [-0.39, 0.29) is 11.9 Å². The molecule has 4 nitrogen and oxygen atoms in total. The van der Waals surface area contributed by atoms with Crippen LogP contribution in [0, 0.1) is 0 Å². The van der Waals surface area contributed by atoms with Gasteiger partial charge >= 0.3 is 0 Å². The van der Waals surface area contributed by atoms with Crippen LogP contribution in [0.3, 0.4) is 0 Å². The Hall–Kier alpha value is -1.42. The van der Waals surface area contributed by atoms with Gasteiger partial charge in [-0.1, -0.05) is 25.3 Å². The van der Waals surface area contributed by atoms with E-state index in [1.807, 2.05) is 36.3 Å². The number of aromatic nitrogens is 1. The monoisotopic (exact) mass is 303 g/mol. The van der Waals surface area contributed by atoms with E-state index in [9.17, 15) is 4.79 Å². The lowest BCUT2D eigenvalue weighted by molar-refractivity contribution is -0.133. The number of likely N-dealkylation sites (tertiary alicyclic amines) is 1. The van der Waals surface area contributed by atoms with E-state index in [2.05, 4.69) is 16.8 Å². The molecular weight excluding hydrogens is 274 g/mol. The first-order chi connectivity index (χ1) is 10.7. The molecule has 0 radical (unpaired) electrons. The van der Waals surface area contributed by atoms with E-state index in [0.717, 1.165) is 25.2 Å². The van der Waals surface area contributed by atoms with Gasteiger partial charge in [0, 0.05) is 31.4 Å². The minimum atomic E-state index is 0.178. The van der Waals surface area contributed by atoms with Crippen LogP contribution in [0.4, 0.5) is 0 Å². The Bertz CT molecular complexity index is 441. The molecule has 22 heavy (non-hydrogen) atoms. The molecule has 2 rings (SSSR count). The molecular formula is C18H29N3O. The van der Waals surface area contributed by atoms with Gasteiger partial charge in [0.1, 0.15) is 0 Å². The zero-order chi connectivity index (χ0) is 15.8. The molecule has 2 heterocycles. The van der Waals surface area contributed by atoms with Gasteiger partial charge in [-0.3, -0.25) is 14.7 Å². The van der Waals surface area contributed by atoms with Crippen LogP contribution < -0.4 is 0 Å². The summed E-state index contributed by atoms with van der Waals surface area (Å²) in [6.45, 7) is 4.78. The van der Waals surface area contributed by atoms with Gasteiger partial charge in [0.2, 0.25) is 5.91 Å². The third-order valence-electron chi connectivity index (χ3n) is 4.59. The molecule has 0 N–H and O–H groups in total. The van der Waals surface area contributed by atoms with E-state index in [0.29, 0.717) is 6.54 Å². The minimum Gasteiger partial charge on any atom is -0.342 e. The first-order valence-corrected chi connectivity index (χ1v) is 8.55. The van der Waals surface area contributed by atoms with Gasteiger partial charge in [0.15, 0.2) is 0 Å². The summed E-state index contributed by atoms with van der Waals surface area (Å²) < 4.78 is 0. The maximum atomic E-state index is 12.5. The number of likely N-dealkylation sites (N-methyl/N-ethyl adjacent to an activating group) is 1. The zero-order valence-electron chi connectivity index (χ0n) is 14.0. The number of nitrogens with zero attached hydrogens (tertiary/aromatic N) is 3. The Morgan fingerprint density at radius 2 is 1.91 bits per heavy atom. The lowest BCUT2D eigenvalue weighted by Crippen LogP contribution is -2.44. The van der Waals surface area contributed by atoms with Crippen LogP contribution in [-0.4, -0.2) is 53.4 Å². The molecule has 122 valence electrons. The lowest BCUT2D eigenvalue weighted by Gasteiger charge is -2.29. The number of pyridine rings is 1. The molecule has 1 aliphatic heterocycles. The predicted octanol–water partition coefficient (Wildman–Crippen LogP) is 2.74. The molecule has 0 saturated carbocycles. The maximum absolute atomic E-state index is 12.5. The molecule has 1 saturated heterocycles. The van der Waals surface area contributed by atoms with Crippen molar-refractivity contribution in [1.29, 1.82) is 0 Å². The van der Waals surface area contributed by atoms with Crippen molar-refractivity contribution in [3.8, 4) is 0 Å². The van der Waals surface area contributed by atoms with Crippen molar-refractivity contribution in [3.63, 3.8) is 0 Å². The molecule has 1 atom stereocenters. The highest BCUT2D eigenvalue weighted by Gasteiger charge is 2.19. The van der Waals surface area contributed by atoms with Gasteiger partial charge in [0.25, 0.3) is 0 Å². The van der Waals surface area contributed by atoms with Crippen LogP contribution in [0.5, 0.6) is 0 Å². The first kappa shape index (κ1) is 16.9. The molecule has 4 heteroatoms. The summed E-state index contributed by atoms with van der Waals surface area (Å²) in [6, 6.07) is 6.12. The highest BCUT2D eigenvalue weighted by atomic mass is 16.2. The van der Waals surface area contributed by atoms with Crippen molar-refractivity contribution >= 4 is 5.91 Å². The zero-order valence-corrected chi connectivity index (χ0v) is 14.0. The first-order valence-electron chi connectivity index (χ1n) is 8.55. The fourth-order valence-electron chi connectivity index (χ4n) is 2.98. The van der Waals surface area contributed by atoms with Gasteiger partial charge in [-0.25, -0.2) is 0 Å². The number of hydrogen-bond acceptors (Lipinski definition) is 3. The molecule has 1 aromatic rings. The number of amides is 1. The summed E-state index contributed by atoms with van der Waals surface area (Å²) in [5, 5.41) is 0. The minimum absolute atomic E-state index is 0.178. The number of carbonyl (C=O) groups excluding carboxylic acids is 1. The second kappa shape index (κ2) is 8.89. The van der Waals surface area contributed by atoms with Crippen molar-refractivity contribution in [2.45, 2.75) is 51.5 Å². The Labute approximate surface area is 134 Å². The topological polar surface area (TPSA) is 36.4 Å². The van der Waals surface area contributed by atoms with Gasteiger partial charge in [0.05, 0.1) is 6.54 Å². The van der Waals surface area contributed by atoms with E-state index in [1.54, 1.807) is 0 Å². The summed E-state index contributed by atoms with van der Waals surface area (Å²) in [5.41, 5.74) is 1.04. The molecule has 0 spiro atoms. The molecule has 1 aromatic heterocycles. The standard InChI is InChI=1S/C18H29N3O/c1-16(14-17-10-6-7-11-19-17)20(2)18(22)15-21-12-8-4-3-5-9-13-21/h6-7,10-11,16H,3-5,8-9,12-15H2,1-2H3. The van der Waals surface area contributed by atoms with E-state index < -0.39 is 0 Å². The van der Waals surface area contributed by atoms with Crippen LogP contribution >= 0.6 is 0 Å². The largest absolute Gasteiger partial charge is 0.342 e. The van der Waals surface area contributed by atoms with Crippen molar-refractivity contribution in [3.05, 3.63) is 30.1 Å². The summed E-state index contributed by atoms with van der Waals surface area (Å²) in [5.74, 6) is 0.226.